The maximum Gasteiger partial charge on any atom is 0.248 e. The molecule has 0 radical (unpaired) electrons. The highest BCUT2D eigenvalue weighted by Crippen LogP contribution is 2.30. The minimum absolute atomic E-state index is 0.139. The predicted molar refractivity (Wildman–Crippen MR) is 90.2 cm³/mol. The number of hydrogen-bond donors (Lipinski definition) is 1. The van der Waals surface area contributed by atoms with Crippen LogP contribution in [0.2, 0.25) is 0 Å². The van der Waals surface area contributed by atoms with Crippen molar-refractivity contribution in [1.82, 2.24) is 15.0 Å². The lowest BCUT2D eigenvalue weighted by Crippen LogP contribution is -2.26. The first-order valence-corrected chi connectivity index (χ1v) is 8.29. The number of carbonyl (C=O) groups excluding carboxylic acids is 1. The Morgan fingerprint density at radius 2 is 1.92 bits per heavy atom. The molecule has 1 amide bonds. The highest BCUT2D eigenvalue weighted by Gasteiger charge is 2.30. The predicted octanol–water partition coefficient (Wildman–Crippen LogP) is 2.63. The minimum Gasteiger partial charge on any atom is -0.366 e. The zero-order valence-electron chi connectivity index (χ0n) is 14.5. The quantitative estimate of drug-likeness (QED) is 0.881. The third kappa shape index (κ3) is 4.00. The van der Waals surface area contributed by atoms with Gasteiger partial charge in [-0.1, -0.05) is 38.1 Å². The summed E-state index contributed by atoms with van der Waals surface area (Å²) >= 11 is 0. The summed E-state index contributed by atoms with van der Waals surface area (Å²) < 4.78 is 5.38. The van der Waals surface area contributed by atoms with Crippen LogP contribution in [0, 0.1) is 0 Å². The average Bonchev–Trinajstić information content (AvgIpc) is 3.25. The summed E-state index contributed by atoms with van der Waals surface area (Å²) in [6.45, 7) is 7.64. The van der Waals surface area contributed by atoms with E-state index in [2.05, 4.69) is 35.8 Å². The van der Waals surface area contributed by atoms with Crippen LogP contribution in [0.1, 0.15) is 61.2 Å². The van der Waals surface area contributed by atoms with Crippen molar-refractivity contribution >= 4 is 5.91 Å². The van der Waals surface area contributed by atoms with Gasteiger partial charge in [-0.05, 0) is 30.5 Å². The van der Waals surface area contributed by atoms with Crippen LogP contribution in [0.4, 0.5) is 0 Å². The second-order valence-electron chi connectivity index (χ2n) is 7.46. The molecule has 1 saturated carbocycles. The molecule has 24 heavy (non-hydrogen) atoms. The first kappa shape index (κ1) is 16.6. The van der Waals surface area contributed by atoms with Crippen LogP contribution < -0.4 is 5.73 Å². The Labute approximate surface area is 142 Å². The Kier molecular flexibility index (Phi) is 4.41. The molecule has 1 heterocycles. The maximum atomic E-state index is 11.2. The fourth-order valence-corrected chi connectivity index (χ4v) is 2.57. The summed E-state index contributed by atoms with van der Waals surface area (Å²) in [6, 6.07) is 8.01. The summed E-state index contributed by atoms with van der Waals surface area (Å²) in [5.41, 5.74) is 6.82. The lowest BCUT2D eigenvalue weighted by Gasteiger charge is -2.20. The molecule has 0 atom stereocenters. The summed E-state index contributed by atoms with van der Waals surface area (Å²) in [6.07, 6.45) is 2.40. The van der Waals surface area contributed by atoms with Crippen LogP contribution in [0.3, 0.4) is 0 Å². The molecule has 6 heteroatoms. The molecule has 1 aliphatic rings. The van der Waals surface area contributed by atoms with Gasteiger partial charge in [0.2, 0.25) is 11.8 Å². The molecular weight excluding hydrogens is 304 g/mol. The third-order valence-electron chi connectivity index (χ3n) is 4.14. The van der Waals surface area contributed by atoms with Gasteiger partial charge in [-0.15, -0.1) is 0 Å². The fraction of sp³-hybridized carbons (Fsp3) is 0.500. The van der Waals surface area contributed by atoms with Gasteiger partial charge >= 0.3 is 0 Å². The van der Waals surface area contributed by atoms with Gasteiger partial charge in [0.05, 0.1) is 6.54 Å². The number of benzene rings is 1. The lowest BCUT2D eigenvalue weighted by atomic mass is 9.97. The third-order valence-corrected chi connectivity index (χ3v) is 4.14. The molecule has 1 aromatic carbocycles. The van der Waals surface area contributed by atoms with E-state index in [0.29, 0.717) is 24.0 Å². The molecule has 1 aromatic heterocycles. The van der Waals surface area contributed by atoms with Crippen molar-refractivity contribution in [1.29, 1.82) is 0 Å². The van der Waals surface area contributed by atoms with Crippen molar-refractivity contribution < 1.29 is 9.32 Å². The van der Waals surface area contributed by atoms with Crippen LogP contribution in [-0.2, 0) is 18.5 Å². The van der Waals surface area contributed by atoms with Crippen LogP contribution in [0.25, 0.3) is 0 Å². The average molecular weight is 328 g/mol. The van der Waals surface area contributed by atoms with E-state index in [-0.39, 0.29) is 5.41 Å². The fourth-order valence-electron chi connectivity index (χ4n) is 2.57. The monoisotopic (exact) mass is 328 g/mol. The second-order valence-corrected chi connectivity index (χ2v) is 7.46. The second kappa shape index (κ2) is 6.36. The van der Waals surface area contributed by atoms with Crippen molar-refractivity contribution in [3.63, 3.8) is 0 Å². The van der Waals surface area contributed by atoms with E-state index >= 15 is 0 Å². The van der Waals surface area contributed by atoms with Crippen LogP contribution in [0.5, 0.6) is 0 Å². The van der Waals surface area contributed by atoms with Crippen LogP contribution in [-0.4, -0.2) is 27.0 Å². The SMILES string of the molecule is CC(C)(C)c1nc(CN(Cc2ccc(C(N)=O)cc2)C2CC2)no1. The van der Waals surface area contributed by atoms with Gasteiger partial charge in [0, 0.05) is 23.6 Å². The summed E-state index contributed by atoms with van der Waals surface area (Å²) in [7, 11) is 0. The Balaban J connectivity index is 1.69. The Morgan fingerprint density at radius 1 is 1.25 bits per heavy atom. The number of carbonyl (C=O) groups is 1. The van der Waals surface area contributed by atoms with E-state index in [1.54, 1.807) is 12.1 Å². The highest BCUT2D eigenvalue weighted by atomic mass is 16.5. The van der Waals surface area contributed by atoms with E-state index in [0.717, 1.165) is 17.9 Å². The number of amides is 1. The number of nitrogens with two attached hydrogens (primary N) is 1. The van der Waals surface area contributed by atoms with Gasteiger partial charge in [0.15, 0.2) is 5.82 Å². The number of hydrogen-bond acceptors (Lipinski definition) is 5. The lowest BCUT2D eigenvalue weighted by molar-refractivity contribution is 0.100. The van der Waals surface area contributed by atoms with Crippen LogP contribution in [0.15, 0.2) is 28.8 Å². The van der Waals surface area contributed by atoms with Gasteiger partial charge in [-0.3, -0.25) is 9.69 Å². The molecule has 0 spiro atoms. The summed E-state index contributed by atoms with van der Waals surface area (Å²) in [5, 5.41) is 4.12. The van der Waals surface area contributed by atoms with Gasteiger partial charge < -0.3 is 10.3 Å². The molecule has 1 fully saturated rings. The smallest absolute Gasteiger partial charge is 0.248 e. The zero-order chi connectivity index (χ0) is 17.3. The van der Waals surface area contributed by atoms with Crippen molar-refractivity contribution in [3.05, 3.63) is 47.1 Å². The van der Waals surface area contributed by atoms with Crippen molar-refractivity contribution in [2.45, 2.75) is 58.2 Å². The largest absolute Gasteiger partial charge is 0.366 e. The van der Waals surface area contributed by atoms with E-state index in [1.165, 1.54) is 12.8 Å². The molecule has 3 rings (SSSR count). The molecule has 0 unspecified atom stereocenters. The van der Waals surface area contributed by atoms with Crippen molar-refractivity contribution in [2.75, 3.05) is 0 Å². The summed E-state index contributed by atoms with van der Waals surface area (Å²) in [5.74, 6) is 0.988. The Hall–Kier alpha value is -2.21. The molecular formula is C18H24N4O2. The normalized spacial score (nSPS) is 15.0. The van der Waals surface area contributed by atoms with E-state index in [9.17, 15) is 4.79 Å². The first-order chi connectivity index (χ1) is 11.3. The molecule has 128 valence electrons. The van der Waals surface area contributed by atoms with Gasteiger partial charge in [0.25, 0.3) is 0 Å². The standard InChI is InChI=1S/C18H24N4O2/c1-18(2,3)17-20-15(21-24-17)11-22(14-8-9-14)10-12-4-6-13(7-5-12)16(19)23/h4-7,14H,8-11H2,1-3H3,(H2,19,23). The molecule has 0 saturated heterocycles. The Bertz CT molecular complexity index is 711. The molecule has 2 N–H and O–H groups in total. The molecule has 2 aromatic rings. The van der Waals surface area contributed by atoms with E-state index in [4.69, 9.17) is 10.3 Å². The van der Waals surface area contributed by atoms with E-state index in [1.807, 2.05) is 12.1 Å². The van der Waals surface area contributed by atoms with Crippen molar-refractivity contribution in [2.24, 2.45) is 5.73 Å². The van der Waals surface area contributed by atoms with E-state index < -0.39 is 5.91 Å². The van der Waals surface area contributed by atoms with Gasteiger partial charge in [0.1, 0.15) is 0 Å². The maximum absolute atomic E-state index is 11.2. The first-order valence-electron chi connectivity index (χ1n) is 8.29. The summed E-state index contributed by atoms with van der Waals surface area (Å²) in [4.78, 5) is 18.0. The molecule has 0 bridgehead atoms. The topological polar surface area (TPSA) is 85.3 Å². The number of aromatic nitrogens is 2. The van der Waals surface area contributed by atoms with Gasteiger partial charge in [-0.2, -0.15) is 4.98 Å². The molecule has 1 aliphatic carbocycles. The van der Waals surface area contributed by atoms with Crippen molar-refractivity contribution in [3.8, 4) is 0 Å². The molecule has 0 aliphatic heterocycles. The minimum atomic E-state index is -0.401. The van der Waals surface area contributed by atoms with Gasteiger partial charge in [-0.25, -0.2) is 0 Å². The number of primary amides is 1. The number of nitrogens with zero attached hydrogens (tertiary/aromatic N) is 3. The Morgan fingerprint density at radius 3 is 2.42 bits per heavy atom. The van der Waals surface area contributed by atoms with Crippen LogP contribution >= 0.6 is 0 Å². The number of rotatable bonds is 6. The highest BCUT2D eigenvalue weighted by molar-refractivity contribution is 5.92. The molecule has 6 nitrogen and oxygen atoms in total. The zero-order valence-corrected chi connectivity index (χ0v) is 14.5.